The van der Waals surface area contributed by atoms with Gasteiger partial charge in [0.2, 0.25) is 0 Å². The van der Waals surface area contributed by atoms with Crippen molar-refractivity contribution >= 4 is 17.5 Å². The number of anilines is 2. The van der Waals surface area contributed by atoms with Gasteiger partial charge in [-0.1, -0.05) is 12.1 Å². The number of likely N-dealkylation sites (N-methyl/N-ethyl adjacent to an activating group) is 1. The first-order chi connectivity index (χ1) is 10.6. The molecule has 114 valence electrons. The minimum atomic E-state index is -0.283. The number of rotatable bonds is 2. The number of hydrogen-bond donors (Lipinski definition) is 1. The highest BCUT2D eigenvalue weighted by atomic mass is 19.1. The van der Waals surface area contributed by atoms with Gasteiger partial charge in [0.1, 0.15) is 5.82 Å². The minimum Gasteiger partial charge on any atom is -0.356 e. The average Bonchev–Trinajstić information content (AvgIpc) is 2.55. The summed E-state index contributed by atoms with van der Waals surface area (Å²) in [6.07, 6.45) is 1.72. The number of benzene rings is 1. The predicted octanol–water partition coefficient (Wildman–Crippen LogP) is 2.39. The van der Waals surface area contributed by atoms with Crippen molar-refractivity contribution in [1.82, 2.24) is 10.3 Å². The maximum absolute atomic E-state index is 12.9. The van der Waals surface area contributed by atoms with Crippen molar-refractivity contribution in [2.75, 3.05) is 29.9 Å². The normalized spacial score (nSPS) is 13.7. The molecular formula is C16H17FN4O. The number of nitrogens with zero attached hydrogens (tertiary/aromatic N) is 3. The van der Waals surface area contributed by atoms with Gasteiger partial charge in [-0.05, 0) is 29.8 Å². The molecule has 6 heteroatoms. The highest BCUT2D eigenvalue weighted by molar-refractivity contribution is 5.95. The molecule has 5 nitrogen and oxygen atoms in total. The molecular weight excluding hydrogens is 283 g/mol. The molecule has 1 N–H and O–H groups in total. The summed E-state index contributed by atoms with van der Waals surface area (Å²) in [5.74, 6) is 0.514. The van der Waals surface area contributed by atoms with E-state index in [1.807, 2.05) is 24.1 Å². The summed E-state index contributed by atoms with van der Waals surface area (Å²) in [5, 5.41) is 2.86. The molecule has 0 saturated carbocycles. The van der Waals surface area contributed by atoms with Crippen LogP contribution in [0, 0.1) is 5.82 Å². The van der Waals surface area contributed by atoms with E-state index in [1.165, 1.54) is 12.1 Å². The maximum atomic E-state index is 12.9. The second-order valence-corrected chi connectivity index (χ2v) is 5.20. The van der Waals surface area contributed by atoms with Crippen LogP contribution in [0.3, 0.4) is 0 Å². The third-order valence-corrected chi connectivity index (χ3v) is 3.68. The Morgan fingerprint density at radius 3 is 2.82 bits per heavy atom. The zero-order valence-electron chi connectivity index (χ0n) is 12.3. The van der Waals surface area contributed by atoms with E-state index in [-0.39, 0.29) is 11.8 Å². The first-order valence-corrected chi connectivity index (χ1v) is 7.11. The van der Waals surface area contributed by atoms with Crippen molar-refractivity contribution in [3.05, 3.63) is 54.0 Å². The largest absolute Gasteiger partial charge is 0.356 e. The topological polar surface area (TPSA) is 48.5 Å². The molecule has 1 aromatic heterocycles. The number of carbonyl (C=O) groups excluding carboxylic acids is 1. The van der Waals surface area contributed by atoms with Gasteiger partial charge in [0.25, 0.3) is 0 Å². The summed E-state index contributed by atoms with van der Waals surface area (Å²) in [6, 6.07) is 9.62. The van der Waals surface area contributed by atoms with Gasteiger partial charge in [-0.2, -0.15) is 0 Å². The Hall–Kier alpha value is -2.63. The van der Waals surface area contributed by atoms with Crippen LogP contribution in [0.2, 0.25) is 0 Å². The Kier molecular flexibility index (Phi) is 3.91. The molecule has 1 aliphatic heterocycles. The molecule has 1 aromatic carbocycles. The van der Waals surface area contributed by atoms with Gasteiger partial charge in [0.15, 0.2) is 5.82 Å². The Labute approximate surface area is 128 Å². The Bertz CT molecular complexity index is 674. The van der Waals surface area contributed by atoms with E-state index in [0.29, 0.717) is 13.1 Å². The number of aromatic nitrogens is 1. The van der Waals surface area contributed by atoms with E-state index >= 15 is 0 Å². The second-order valence-electron chi connectivity index (χ2n) is 5.20. The summed E-state index contributed by atoms with van der Waals surface area (Å²) in [4.78, 5) is 20.4. The van der Waals surface area contributed by atoms with Crippen LogP contribution < -0.4 is 15.1 Å². The van der Waals surface area contributed by atoms with Crippen LogP contribution in [0.15, 0.2) is 42.6 Å². The molecule has 2 aromatic rings. The smallest absolute Gasteiger partial charge is 0.322 e. The van der Waals surface area contributed by atoms with Gasteiger partial charge in [0, 0.05) is 32.9 Å². The lowest BCUT2D eigenvalue weighted by Gasteiger charge is -2.34. The van der Waals surface area contributed by atoms with E-state index in [0.717, 1.165) is 23.6 Å². The third-order valence-electron chi connectivity index (χ3n) is 3.68. The summed E-state index contributed by atoms with van der Waals surface area (Å²) in [7, 11) is 1.96. The first kappa shape index (κ1) is 14.3. The first-order valence-electron chi connectivity index (χ1n) is 7.11. The third kappa shape index (κ3) is 2.86. The van der Waals surface area contributed by atoms with Crippen LogP contribution in [0.1, 0.15) is 5.56 Å². The van der Waals surface area contributed by atoms with Gasteiger partial charge in [-0.25, -0.2) is 14.2 Å². The van der Waals surface area contributed by atoms with Crippen molar-refractivity contribution in [3.63, 3.8) is 0 Å². The average molecular weight is 300 g/mol. The monoisotopic (exact) mass is 300 g/mol. The lowest BCUT2D eigenvalue weighted by atomic mass is 10.2. The fourth-order valence-corrected chi connectivity index (χ4v) is 2.46. The van der Waals surface area contributed by atoms with E-state index < -0.39 is 0 Å². The van der Waals surface area contributed by atoms with Gasteiger partial charge in [-0.3, -0.25) is 4.90 Å². The van der Waals surface area contributed by atoms with Crippen LogP contribution in [-0.4, -0.2) is 31.2 Å². The predicted molar refractivity (Wildman–Crippen MR) is 83.5 cm³/mol. The second kappa shape index (κ2) is 6.01. The highest BCUT2D eigenvalue weighted by Gasteiger charge is 2.25. The molecule has 0 fully saturated rings. The van der Waals surface area contributed by atoms with E-state index in [1.54, 1.807) is 23.2 Å². The fourth-order valence-electron chi connectivity index (χ4n) is 2.46. The quantitative estimate of drug-likeness (QED) is 0.926. The summed E-state index contributed by atoms with van der Waals surface area (Å²) in [5.41, 5.74) is 1.66. The van der Waals surface area contributed by atoms with Gasteiger partial charge >= 0.3 is 6.03 Å². The van der Waals surface area contributed by atoms with Gasteiger partial charge in [-0.15, -0.1) is 0 Å². The van der Waals surface area contributed by atoms with Crippen molar-refractivity contribution in [2.45, 2.75) is 6.54 Å². The lowest BCUT2D eigenvalue weighted by molar-refractivity contribution is 0.246. The molecule has 22 heavy (non-hydrogen) atoms. The van der Waals surface area contributed by atoms with Crippen LogP contribution >= 0.6 is 0 Å². The number of halogens is 1. The molecule has 0 spiro atoms. The minimum absolute atomic E-state index is 0.174. The van der Waals surface area contributed by atoms with E-state index in [4.69, 9.17) is 0 Å². The molecule has 3 rings (SSSR count). The zero-order valence-corrected chi connectivity index (χ0v) is 12.3. The standard InChI is InChI=1S/C16H17FN4O/c1-20-9-10-21(14-3-2-8-18-15(14)20)16(22)19-11-12-4-6-13(17)7-5-12/h2-8H,9-11H2,1H3,(H,19,22). The molecule has 0 radical (unpaired) electrons. The van der Waals surface area contributed by atoms with Crippen molar-refractivity contribution in [1.29, 1.82) is 0 Å². The van der Waals surface area contributed by atoms with Gasteiger partial charge < -0.3 is 10.2 Å². The molecule has 0 saturated heterocycles. The molecule has 0 bridgehead atoms. The van der Waals surface area contributed by atoms with Crippen LogP contribution in [-0.2, 0) is 6.54 Å². The van der Waals surface area contributed by atoms with Crippen molar-refractivity contribution in [3.8, 4) is 0 Å². The molecule has 1 aliphatic rings. The fraction of sp³-hybridized carbons (Fsp3) is 0.250. The van der Waals surface area contributed by atoms with Gasteiger partial charge in [0.05, 0.1) is 5.69 Å². The number of urea groups is 1. The number of amides is 2. The highest BCUT2D eigenvalue weighted by Crippen LogP contribution is 2.29. The number of carbonyl (C=O) groups is 1. The Morgan fingerprint density at radius 1 is 1.27 bits per heavy atom. The molecule has 0 unspecified atom stereocenters. The molecule has 0 atom stereocenters. The summed E-state index contributed by atoms with van der Waals surface area (Å²) in [6.45, 7) is 1.69. The molecule has 2 heterocycles. The zero-order chi connectivity index (χ0) is 15.5. The number of pyridine rings is 1. The Balaban J connectivity index is 1.70. The van der Waals surface area contributed by atoms with Crippen LogP contribution in [0.25, 0.3) is 0 Å². The van der Waals surface area contributed by atoms with Crippen molar-refractivity contribution in [2.24, 2.45) is 0 Å². The van der Waals surface area contributed by atoms with E-state index in [2.05, 4.69) is 10.3 Å². The SMILES string of the molecule is CN1CCN(C(=O)NCc2ccc(F)cc2)c2cccnc21. The number of nitrogens with one attached hydrogen (secondary N) is 1. The van der Waals surface area contributed by atoms with E-state index in [9.17, 15) is 9.18 Å². The van der Waals surface area contributed by atoms with Crippen LogP contribution in [0.4, 0.5) is 20.7 Å². The van der Waals surface area contributed by atoms with Crippen LogP contribution in [0.5, 0.6) is 0 Å². The molecule has 0 aliphatic carbocycles. The number of fused-ring (bicyclic) bond motifs is 1. The Morgan fingerprint density at radius 2 is 2.05 bits per heavy atom. The summed E-state index contributed by atoms with van der Waals surface area (Å²) < 4.78 is 12.9. The number of hydrogen-bond acceptors (Lipinski definition) is 3. The van der Waals surface area contributed by atoms with Crippen molar-refractivity contribution < 1.29 is 9.18 Å². The molecule has 2 amide bonds. The lowest BCUT2D eigenvalue weighted by Crippen LogP contribution is -2.47. The summed E-state index contributed by atoms with van der Waals surface area (Å²) >= 11 is 0. The maximum Gasteiger partial charge on any atom is 0.322 e.